The van der Waals surface area contributed by atoms with Crippen molar-refractivity contribution in [2.45, 2.75) is 19.8 Å². The summed E-state index contributed by atoms with van der Waals surface area (Å²) in [7, 11) is 3.53. The standard InChI is InChI=1S/C15H19N3O/c1-10(2)15-17-13(9-14(16-3)18-15)11-5-7-12(19-4)8-6-11/h5-10H,1-4H3,(H,16,17,18). The smallest absolute Gasteiger partial charge is 0.133 e. The van der Waals surface area contributed by atoms with Crippen molar-refractivity contribution in [1.82, 2.24) is 9.97 Å². The summed E-state index contributed by atoms with van der Waals surface area (Å²) in [5.74, 6) is 2.82. The highest BCUT2D eigenvalue weighted by Crippen LogP contribution is 2.24. The van der Waals surface area contributed by atoms with E-state index in [1.54, 1.807) is 7.11 Å². The van der Waals surface area contributed by atoms with Crippen molar-refractivity contribution in [3.63, 3.8) is 0 Å². The number of nitrogens with one attached hydrogen (secondary N) is 1. The number of benzene rings is 1. The van der Waals surface area contributed by atoms with Gasteiger partial charge in [0.15, 0.2) is 0 Å². The number of hydrogen-bond acceptors (Lipinski definition) is 4. The van der Waals surface area contributed by atoms with Gasteiger partial charge in [-0.25, -0.2) is 9.97 Å². The molecule has 0 bridgehead atoms. The zero-order valence-corrected chi connectivity index (χ0v) is 11.8. The zero-order chi connectivity index (χ0) is 13.8. The Morgan fingerprint density at radius 1 is 1.11 bits per heavy atom. The Hall–Kier alpha value is -2.10. The second-order valence-corrected chi connectivity index (χ2v) is 4.63. The first-order valence-corrected chi connectivity index (χ1v) is 6.35. The molecule has 1 N–H and O–H groups in total. The van der Waals surface area contributed by atoms with Gasteiger partial charge < -0.3 is 10.1 Å². The molecule has 2 aromatic rings. The summed E-state index contributed by atoms with van der Waals surface area (Å²) in [6.45, 7) is 4.18. The maximum absolute atomic E-state index is 5.17. The molecule has 4 nitrogen and oxygen atoms in total. The third kappa shape index (κ3) is 3.02. The summed E-state index contributed by atoms with van der Waals surface area (Å²) in [4.78, 5) is 9.08. The van der Waals surface area contributed by atoms with Crippen molar-refractivity contribution in [3.8, 4) is 17.0 Å². The van der Waals surface area contributed by atoms with E-state index >= 15 is 0 Å². The number of anilines is 1. The van der Waals surface area contributed by atoms with Crippen LogP contribution in [0.5, 0.6) is 5.75 Å². The summed E-state index contributed by atoms with van der Waals surface area (Å²) < 4.78 is 5.17. The average molecular weight is 257 g/mol. The minimum absolute atomic E-state index is 0.297. The molecule has 0 fully saturated rings. The van der Waals surface area contributed by atoms with E-state index < -0.39 is 0 Å². The van der Waals surface area contributed by atoms with Crippen LogP contribution in [0.15, 0.2) is 30.3 Å². The van der Waals surface area contributed by atoms with Gasteiger partial charge in [0.25, 0.3) is 0 Å². The minimum atomic E-state index is 0.297. The predicted molar refractivity (Wildman–Crippen MR) is 77.7 cm³/mol. The van der Waals surface area contributed by atoms with Crippen LogP contribution in [0.4, 0.5) is 5.82 Å². The third-order valence-electron chi connectivity index (χ3n) is 2.90. The van der Waals surface area contributed by atoms with Crippen LogP contribution in [0.3, 0.4) is 0 Å². The SMILES string of the molecule is CNc1cc(-c2ccc(OC)cc2)nc(C(C)C)n1. The molecule has 100 valence electrons. The lowest BCUT2D eigenvalue weighted by Gasteiger charge is -2.10. The van der Waals surface area contributed by atoms with Gasteiger partial charge in [-0.3, -0.25) is 0 Å². The number of nitrogens with zero attached hydrogens (tertiary/aromatic N) is 2. The Morgan fingerprint density at radius 2 is 1.79 bits per heavy atom. The van der Waals surface area contributed by atoms with E-state index in [2.05, 4.69) is 29.1 Å². The molecule has 0 unspecified atom stereocenters. The van der Waals surface area contributed by atoms with Crippen molar-refractivity contribution in [2.24, 2.45) is 0 Å². The molecule has 1 aromatic heterocycles. The Bertz CT molecular complexity index is 550. The molecule has 0 aliphatic carbocycles. The van der Waals surface area contributed by atoms with Gasteiger partial charge in [-0.05, 0) is 24.3 Å². The molecule has 0 radical (unpaired) electrons. The predicted octanol–water partition coefficient (Wildman–Crippen LogP) is 3.32. The van der Waals surface area contributed by atoms with Crippen LogP contribution >= 0.6 is 0 Å². The fourth-order valence-corrected chi connectivity index (χ4v) is 1.76. The normalized spacial score (nSPS) is 10.6. The van der Waals surface area contributed by atoms with Gasteiger partial charge in [-0.2, -0.15) is 0 Å². The molecule has 0 aliphatic rings. The summed E-state index contributed by atoms with van der Waals surface area (Å²) >= 11 is 0. The first kappa shape index (κ1) is 13.3. The van der Waals surface area contributed by atoms with Gasteiger partial charge in [-0.15, -0.1) is 0 Å². The van der Waals surface area contributed by atoms with E-state index in [9.17, 15) is 0 Å². The second kappa shape index (κ2) is 5.69. The third-order valence-corrected chi connectivity index (χ3v) is 2.90. The van der Waals surface area contributed by atoms with Crippen LogP contribution in [0.25, 0.3) is 11.3 Å². The Labute approximate surface area is 113 Å². The largest absolute Gasteiger partial charge is 0.497 e. The van der Waals surface area contributed by atoms with Crippen LogP contribution in [-0.2, 0) is 0 Å². The van der Waals surface area contributed by atoms with E-state index in [1.807, 2.05) is 37.4 Å². The molecule has 1 heterocycles. The lowest BCUT2D eigenvalue weighted by Crippen LogP contribution is -2.03. The molecular weight excluding hydrogens is 238 g/mol. The van der Waals surface area contributed by atoms with Gasteiger partial charge in [0, 0.05) is 24.6 Å². The first-order chi connectivity index (χ1) is 9.13. The Morgan fingerprint density at radius 3 is 2.32 bits per heavy atom. The first-order valence-electron chi connectivity index (χ1n) is 6.35. The van der Waals surface area contributed by atoms with Crippen molar-refractivity contribution in [1.29, 1.82) is 0 Å². The van der Waals surface area contributed by atoms with Crippen molar-refractivity contribution in [3.05, 3.63) is 36.2 Å². The number of hydrogen-bond donors (Lipinski definition) is 1. The molecule has 19 heavy (non-hydrogen) atoms. The highest BCUT2D eigenvalue weighted by atomic mass is 16.5. The number of ether oxygens (including phenoxy) is 1. The summed E-state index contributed by atoms with van der Waals surface area (Å²) in [5, 5.41) is 3.08. The van der Waals surface area contributed by atoms with Crippen LogP contribution in [0.2, 0.25) is 0 Å². The van der Waals surface area contributed by atoms with E-state index in [0.717, 1.165) is 28.6 Å². The summed E-state index contributed by atoms with van der Waals surface area (Å²) in [6, 6.07) is 9.83. The fourth-order valence-electron chi connectivity index (χ4n) is 1.76. The van der Waals surface area contributed by atoms with Gasteiger partial charge in [0.05, 0.1) is 12.8 Å². The Kier molecular flexibility index (Phi) is 4.00. The van der Waals surface area contributed by atoms with Crippen molar-refractivity contribution < 1.29 is 4.74 Å². The molecular formula is C15H19N3O. The lowest BCUT2D eigenvalue weighted by atomic mass is 10.1. The molecule has 2 rings (SSSR count). The molecule has 0 saturated carbocycles. The van der Waals surface area contributed by atoms with Crippen LogP contribution in [0.1, 0.15) is 25.6 Å². The maximum Gasteiger partial charge on any atom is 0.133 e. The number of rotatable bonds is 4. The lowest BCUT2D eigenvalue weighted by molar-refractivity contribution is 0.415. The fraction of sp³-hybridized carbons (Fsp3) is 0.333. The zero-order valence-electron chi connectivity index (χ0n) is 11.8. The minimum Gasteiger partial charge on any atom is -0.497 e. The second-order valence-electron chi connectivity index (χ2n) is 4.63. The highest BCUT2D eigenvalue weighted by molar-refractivity contribution is 5.63. The molecule has 0 spiro atoms. The quantitative estimate of drug-likeness (QED) is 0.912. The van der Waals surface area contributed by atoms with Gasteiger partial charge in [0.2, 0.25) is 0 Å². The molecule has 0 amide bonds. The van der Waals surface area contributed by atoms with Gasteiger partial charge in [0.1, 0.15) is 17.4 Å². The monoisotopic (exact) mass is 257 g/mol. The number of aromatic nitrogens is 2. The van der Waals surface area contributed by atoms with Crippen LogP contribution in [0, 0.1) is 0 Å². The van der Waals surface area contributed by atoms with Gasteiger partial charge >= 0.3 is 0 Å². The average Bonchev–Trinajstić information content (AvgIpc) is 2.46. The highest BCUT2D eigenvalue weighted by Gasteiger charge is 2.09. The van der Waals surface area contributed by atoms with E-state index in [0.29, 0.717) is 5.92 Å². The summed E-state index contributed by atoms with van der Waals surface area (Å²) in [5.41, 5.74) is 1.98. The number of methoxy groups -OCH3 is 1. The van der Waals surface area contributed by atoms with Crippen LogP contribution in [-0.4, -0.2) is 24.1 Å². The van der Waals surface area contributed by atoms with E-state index in [1.165, 1.54) is 0 Å². The molecule has 0 saturated heterocycles. The van der Waals surface area contributed by atoms with Crippen molar-refractivity contribution in [2.75, 3.05) is 19.5 Å². The van der Waals surface area contributed by atoms with Crippen molar-refractivity contribution >= 4 is 5.82 Å². The van der Waals surface area contributed by atoms with Gasteiger partial charge in [-0.1, -0.05) is 13.8 Å². The molecule has 4 heteroatoms. The van der Waals surface area contributed by atoms with E-state index in [4.69, 9.17) is 4.74 Å². The molecule has 0 aliphatic heterocycles. The maximum atomic E-state index is 5.17. The van der Waals surface area contributed by atoms with Crippen LogP contribution < -0.4 is 10.1 Å². The Balaban J connectivity index is 2.44. The topological polar surface area (TPSA) is 47.0 Å². The molecule has 1 aromatic carbocycles. The van der Waals surface area contributed by atoms with E-state index in [-0.39, 0.29) is 0 Å². The summed E-state index contributed by atoms with van der Waals surface area (Å²) in [6.07, 6.45) is 0. The molecule has 0 atom stereocenters.